The highest BCUT2D eigenvalue weighted by atomic mass is 35.5. The normalized spacial score (nSPS) is 15.2. The second-order valence-electron chi connectivity index (χ2n) is 5.86. The van der Waals surface area contributed by atoms with Crippen LogP contribution in [-0.4, -0.2) is 31.6 Å². The third kappa shape index (κ3) is 7.45. The zero-order valence-corrected chi connectivity index (χ0v) is 14.5. The Balaban J connectivity index is 0.00000288. The van der Waals surface area contributed by atoms with Crippen molar-refractivity contribution >= 4 is 18.3 Å². The fraction of sp³-hybridized carbons (Fsp3) is 0.588. The van der Waals surface area contributed by atoms with E-state index in [-0.39, 0.29) is 30.7 Å². The maximum atomic E-state index is 13.3. The molecule has 0 saturated heterocycles. The van der Waals surface area contributed by atoms with Gasteiger partial charge in [-0.25, -0.2) is 8.78 Å². The second-order valence-corrected chi connectivity index (χ2v) is 5.86. The molecular formula is C17H25ClF2N2O2. The van der Waals surface area contributed by atoms with Crippen LogP contribution in [0.15, 0.2) is 18.2 Å². The molecule has 24 heavy (non-hydrogen) atoms. The molecule has 0 aliphatic heterocycles. The van der Waals surface area contributed by atoms with Crippen LogP contribution in [0.2, 0.25) is 0 Å². The molecule has 1 aliphatic rings. The molecule has 1 aliphatic carbocycles. The first-order valence-electron chi connectivity index (χ1n) is 8.23. The van der Waals surface area contributed by atoms with Crippen molar-refractivity contribution in [3.8, 4) is 5.75 Å². The van der Waals surface area contributed by atoms with E-state index in [2.05, 4.69) is 10.6 Å². The highest BCUT2D eigenvalue weighted by Gasteiger charge is 2.11. The van der Waals surface area contributed by atoms with Gasteiger partial charge in [0.2, 0.25) is 0 Å². The Labute approximate surface area is 147 Å². The topological polar surface area (TPSA) is 50.4 Å². The Bertz CT molecular complexity index is 509. The van der Waals surface area contributed by atoms with Crippen molar-refractivity contribution in [2.75, 3.05) is 19.7 Å². The Kier molecular flexibility index (Phi) is 9.64. The largest absolute Gasteiger partial charge is 0.481 e. The molecule has 7 heteroatoms. The summed E-state index contributed by atoms with van der Waals surface area (Å²) in [6, 6.07) is 3.53. The van der Waals surface area contributed by atoms with Crippen molar-refractivity contribution in [2.24, 2.45) is 0 Å². The zero-order chi connectivity index (χ0) is 16.5. The number of hydrogen-bond acceptors (Lipinski definition) is 3. The van der Waals surface area contributed by atoms with E-state index in [0.29, 0.717) is 19.1 Å². The molecule has 0 aromatic heterocycles. The number of carbonyl (C=O) groups excluding carboxylic acids is 1. The zero-order valence-electron chi connectivity index (χ0n) is 13.7. The van der Waals surface area contributed by atoms with E-state index >= 15 is 0 Å². The Morgan fingerprint density at radius 1 is 1.12 bits per heavy atom. The van der Waals surface area contributed by atoms with Crippen molar-refractivity contribution in [1.29, 1.82) is 0 Å². The van der Waals surface area contributed by atoms with Gasteiger partial charge < -0.3 is 15.4 Å². The van der Waals surface area contributed by atoms with Crippen molar-refractivity contribution in [1.82, 2.24) is 10.6 Å². The van der Waals surface area contributed by atoms with Gasteiger partial charge in [-0.3, -0.25) is 4.79 Å². The quantitative estimate of drug-likeness (QED) is 0.578. The first-order chi connectivity index (χ1) is 11.1. The van der Waals surface area contributed by atoms with Gasteiger partial charge in [-0.15, -0.1) is 12.4 Å². The van der Waals surface area contributed by atoms with Crippen LogP contribution in [-0.2, 0) is 4.79 Å². The number of carbonyl (C=O) groups is 1. The first-order valence-corrected chi connectivity index (χ1v) is 8.23. The van der Waals surface area contributed by atoms with Gasteiger partial charge in [-0.05, 0) is 25.0 Å². The third-order valence-electron chi connectivity index (χ3n) is 3.99. The van der Waals surface area contributed by atoms with Gasteiger partial charge in [0.25, 0.3) is 5.91 Å². The third-order valence-corrected chi connectivity index (χ3v) is 3.99. The van der Waals surface area contributed by atoms with Crippen LogP contribution < -0.4 is 15.4 Å². The van der Waals surface area contributed by atoms with E-state index < -0.39 is 11.6 Å². The predicted octanol–water partition coefficient (Wildman–Crippen LogP) is 3.19. The van der Waals surface area contributed by atoms with E-state index in [1.54, 1.807) is 0 Å². The van der Waals surface area contributed by atoms with Crippen LogP contribution in [0, 0.1) is 11.6 Å². The minimum absolute atomic E-state index is 0. The maximum absolute atomic E-state index is 13.3. The average Bonchev–Trinajstić information content (AvgIpc) is 2.79. The summed E-state index contributed by atoms with van der Waals surface area (Å²) < 4.78 is 31.1. The fourth-order valence-electron chi connectivity index (χ4n) is 2.75. The van der Waals surface area contributed by atoms with Crippen molar-refractivity contribution in [3.63, 3.8) is 0 Å². The van der Waals surface area contributed by atoms with Gasteiger partial charge in [0, 0.05) is 25.2 Å². The minimum Gasteiger partial charge on any atom is -0.481 e. The molecule has 1 fully saturated rings. The molecule has 2 N–H and O–H groups in total. The van der Waals surface area contributed by atoms with Gasteiger partial charge in [0.1, 0.15) is 5.82 Å². The SMILES string of the molecule is Cl.O=C(COc1ccc(F)cc1F)NCCNC1CCCCCC1. The smallest absolute Gasteiger partial charge is 0.257 e. The lowest BCUT2D eigenvalue weighted by molar-refractivity contribution is -0.123. The summed E-state index contributed by atoms with van der Waals surface area (Å²) in [6.45, 7) is 0.928. The summed E-state index contributed by atoms with van der Waals surface area (Å²) in [4.78, 5) is 11.6. The Hall–Kier alpha value is -1.40. The average molecular weight is 363 g/mol. The van der Waals surface area contributed by atoms with E-state index in [1.165, 1.54) is 44.6 Å². The standard InChI is InChI=1S/C17H24F2N2O2.ClH/c18-13-7-8-16(15(19)11-13)23-12-17(22)21-10-9-20-14-5-3-1-2-4-6-14;/h7-8,11,14,20H,1-6,9-10,12H2,(H,21,22);1H. The van der Waals surface area contributed by atoms with E-state index in [0.717, 1.165) is 12.1 Å². The summed E-state index contributed by atoms with van der Waals surface area (Å²) in [5, 5.41) is 6.16. The van der Waals surface area contributed by atoms with E-state index in [4.69, 9.17) is 4.74 Å². The summed E-state index contributed by atoms with van der Waals surface area (Å²) in [6.07, 6.45) is 7.54. The molecule has 0 heterocycles. The molecule has 2 rings (SSSR count). The molecule has 0 spiro atoms. The van der Waals surface area contributed by atoms with Crippen LogP contribution in [0.1, 0.15) is 38.5 Å². The molecule has 1 saturated carbocycles. The van der Waals surface area contributed by atoms with Gasteiger partial charge in [0.15, 0.2) is 18.2 Å². The molecule has 0 atom stereocenters. The van der Waals surface area contributed by atoms with Gasteiger partial charge in [0.05, 0.1) is 0 Å². The number of nitrogens with one attached hydrogen (secondary N) is 2. The molecule has 0 radical (unpaired) electrons. The lowest BCUT2D eigenvalue weighted by atomic mass is 10.1. The Morgan fingerprint density at radius 3 is 2.50 bits per heavy atom. The van der Waals surface area contributed by atoms with Crippen LogP contribution in [0.4, 0.5) is 8.78 Å². The number of hydrogen-bond donors (Lipinski definition) is 2. The van der Waals surface area contributed by atoms with Crippen LogP contribution in [0.5, 0.6) is 5.75 Å². The number of benzene rings is 1. The summed E-state index contributed by atoms with van der Waals surface area (Å²) >= 11 is 0. The maximum Gasteiger partial charge on any atom is 0.257 e. The number of amides is 1. The lowest BCUT2D eigenvalue weighted by Crippen LogP contribution is -2.38. The summed E-state index contributed by atoms with van der Waals surface area (Å²) in [5.74, 6) is -1.94. The van der Waals surface area contributed by atoms with Crippen molar-refractivity contribution in [2.45, 2.75) is 44.6 Å². The number of rotatable bonds is 7. The predicted molar refractivity (Wildman–Crippen MR) is 91.6 cm³/mol. The molecule has 1 amide bonds. The highest BCUT2D eigenvalue weighted by Crippen LogP contribution is 2.17. The molecule has 136 valence electrons. The van der Waals surface area contributed by atoms with Gasteiger partial charge in [-0.1, -0.05) is 25.7 Å². The Morgan fingerprint density at radius 2 is 1.83 bits per heavy atom. The fourth-order valence-corrected chi connectivity index (χ4v) is 2.75. The number of ether oxygens (including phenoxy) is 1. The van der Waals surface area contributed by atoms with Crippen molar-refractivity contribution in [3.05, 3.63) is 29.8 Å². The first kappa shape index (κ1) is 20.6. The van der Waals surface area contributed by atoms with Crippen LogP contribution >= 0.6 is 12.4 Å². The van der Waals surface area contributed by atoms with Gasteiger partial charge >= 0.3 is 0 Å². The van der Waals surface area contributed by atoms with Crippen LogP contribution in [0.25, 0.3) is 0 Å². The molecular weight excluding hydrogens is 338 g/mol. The van der Waals surface area contributed by atoms with E-state index in [1.807, 2.05) is 0 Å². The molecule has 4 nitrogen and oxygen atoms in total. The van der Waals surface area contributed by atoms with E-state index in [9.17, 15) is 13.6 Å². The highest BCUT2D eigenvalue weighted by molar-refractivity contribution is 5.85. The monoisotopic (exact) mass is 362 g/mol. The second kappa shape index (κ2) is 11.2. The summed E-state index contributed by atoms with van der Waals surface area (Å²) in [7, 11) is 0. The van der Waals surface area contributed by atoms with Crippen molar-refractivity contribution < 1.29 is 18.3 Å². The minimum atomic E-state index is -0.812. The molecule has 1 aromatic rings. The summed E-state index contributed by atoms with van der Waals surface area (Å²) in [5.41, 5.74) is 0. The lowest BCUT2D eigenvalue weighted by Gasteiger charge is -2.16. The number of halogens is 3. The molecule has 0 unspecified atom stereocenters. The van der Waals surface area contributed by atoms with Gasteiger partial charge in [-0.2, -0.15) is 0 Å². The molecule has 1 aromatic carbocycles. The van der Waals surface area contributed by atoms with Crippen LogP contribution in [0.3, 0.4) is 0 Å². The molecule has 0 bridgehead atoms.